The molecule has 0 N–H and O–H groups in total. The monoisotopic (exact) mass is 353 g/mol. The minimum absolute atomic E-state index is 0.201. The average Bonchev–Trinajstić information content (AvgIpc) is 3.12. The molecule has 25 heavy (non-hydrogen) atoms. The van der Waals surface area contributed by atoms with E-state index in [-0.39, 0.29) is 5.63 Å². The van der Waals surface area contributed by atoms with Gasteiger partial charge in [0.25, 0.3) is 0 Å². The van der Waals surface area contributed by atoms with Crippen LogP contribution in [0.5, 0.6) is 5.75 Å². The number of anilines is 1. The highest BCUT2D eigenvalue weighted by Gasteiger charge is 2.26. The van der Waals surface area contributed by atoms with Crippen molar-refractivity contribution >= 4 is 28.3 Å². The van der Waals surface area contributed by atoms with E-state index in [0.29, 0.717) is 23.9 Å². The summed E-state index contributed by atoms with van der Waals surface area (Å²) in [7, 11) is 0. The van der Waals surface area contributed by atoms with Crippen LogP contribution in [0.1, 0.15) is 23.1 Å². The van der Waals surface area contributed by atoms with Crippen LogP contribution in [0.2, 0.25) is 5.02 Å². The lowest BCUT2D eigenvalue weighted by Gasteiger charge is -2.31. The van der Waals surface area contributed by atoms with Crippen LogP contribution in [0, 0.1) is 0 Å². The molecule has 2 aromatic carbocycles. The van der Waals surface area contributed by atoms with E-state index in [4.69, 9.17) is 20.8 Å². The Morgan fingerprint density at radius 3 is 2.80 bits per heavy atom. The minimum Gasteiger partial charge on any atom is -0.473 e. The lowest BCUT2D eigenvalue weighted by molar-refractivity contribution is 0.289. The number of rotatable bonds is 1. The molecule has 0 radical (unpaired) electrons. The second kappa shape index (κ2) is 5.53. The van der Waals surface area contributed by atoms with Crippen molar-refractivity contribution in [3.8, 4) is 5.75 Å². The van der Waals surface area contributed by atoms with Crippen molar-refractivity contribution in [2.45, 2.75) is 25.8 Å². The van der Waals surface area contributed by atoms with E-state index in [0.717, 1.165) is 52.8 Å². The predicted octanol–water partition coefficient (Wildman–Crippen LogP) is 4.29. The molecule has 0 saturated heterocycles. The molecule has 1 aromatic heterocycles. The zero-order valence-electron chi connectivity index (χ0n) is 13.5. The molecule has 2 aliphatic rings. The van der Waals surface area contributed by atoms with Crippen molar-refractivity contribution in [3.63, 3.8) is 0 Å². The Hall–Kier alpha value is -2.46. The maximum atomic E-state index is 12.4. The molecule has 0 atom stereocenters. The normalized spacial score (nSPS) is 15.8. The summed E-state index contributed by atoms with van der Waals surface area (Å²) in [5, 5.41) is 1.73. The van der Waals surface area contributed by atoms with Gasteiger partial charge in [-0.2, -0.15) is 0 Å². The van der Waals surface area contributed by atoms with Crippen molar-refractivity contribution in [1.82, 2.24) is 0 Å². The van der Waals surface area contributed by atoms with Crippen LogP contribution in [0.15, 0.2) is 45.6 Å². The number of fused-ring (bicyclic) bond motifs is 5. The van der Waals surface area contributed by atoms with Crippen molar-refractivity contribution in [3.05, 3.63) is 68.5 Å². The number of hydrogen-bond acceptors (Lipinski definition) is 4. The summed E-state index contributed by atoms with van der Waals surface area (Å²) >= 11 is 6.12. The quantitative estimate of drug-likeness (QED) is 0.612. The van der Waals surface area contributed by atoms with Crippen LogP contribution < -0.4 is 15.3 Å². The maximum Gasteiger partial charge on any atom is 0.339 e. The van der Waals surface area contributed by atoms with Crippen LogP contribution in [0.3, 0.4) is 0 Å². The molecule has 0 spiro atoms. The van der Waals surface area contributed by atoms with Gasteiger partial charge in [-0.25, -0.2) is 4.79 Å². The highest BCUT2D eigenvalue weighted by atomic mass is 35.5. The highest BCUT2D eigenvalue weighted by Crippen LogP contribution is 2.37. The molecule has 1 aliphatic heterocycles. The number of halogens is 1. The van der Waals surface area contributed by atoms with E-state index < -0.39 is 0 Å². The molecule has 0 bridgehead atoms. The van der Waals surface area contributed by atoms with Gasteiger partial charge in [0.2, 0.25) is 0 Å². The molecule has 126 valence electrons. The molecule has 2 heterocycles. The zero-order valence-corrected chi connectivity index (χ0v) is 14.3. The Balaban J connectivity index is 1.66. The number of nitrogens with zero attached hydrogens (tertiary/aromatic N) is 1. The van der Waals surface area contributed by atoms with Crippen LogP contribution in [0.25, 0.3) is 11.0 Å². The van der Waals surface area contributed by atoms with Gasteiger partial charge >= 0.3 is 5.63 Å². The molecule has 0 amide bonds. The van der Waals surface area contributed by atoms with Crippen molar-refractivity contribution in [2.75, 3.05) is 11.6 Å². The largest absolute Gasteiger partial charge is 0.473 e. The van der Waals surface area contributed by atoms with E-state index >= 15 is 0 Å². The zero-order chi connectivity index (χ0) is 17.0. The van der Waals surface area contributed by atoms with E-state index in [2.05, 4.69) is 4.90 Å². The smallest absolute Gasteiger partial charge is 0.339 e. The van der Waals surface area contributed by atoms with Crippen LogP contribution in [-0.2, 0) is 19.4 Å². The van der Waals surface area contributed by atoms with Gasteiger partial charge < -0.3 is 14.1 Å². The Labute approximate surface area is 149 Å². The third-order valence-corrected chi connectivity index (χ3v) is 5.33. The summed E-state index contributed by atoms with van der Waals surface area (Å²) in [5.74, 6) is 0.784. The lowest BCUT2D eigenvalue weighted by atomic mass is 10.0. The van der Waals surface area contributed by atoms with Gasteiger partial charge in [-0.3, -0.25) is 0 Å². The molecule has 3 aromatic rings. The number of hydrogen-bond donors (Lipinski definition) is 0. The average molecular weight is 354 g/mol. The third-order valence-electron chi connectivity index (χ3n) is 5.10. The number of ether oxygens (including phenoxy) is 1. The fourth-order valence-corrected chi connectivity index (χ4v) is 4.08. The van der Waals surface area contributed by atoms with E-state index in [1.165, 1.54) is 0 Å². The first kappa shape index (κ1) is 14.8. The number of aryl methyl sites for hydroxylation is 1. The molecule has 4 nitrogen and oxygen atoms in total. The van der Waals surface area contributed by atoms with Crippen LogP contribution in [-0.4, -0.2) is 6.73 Å². The first-order valence-electron chi connectivity index (χ1n) is 8.44. The summed E-state index contributed by atoms with van der Waals surface area (Å²) in [5.41, 5.74) is 4.36. The van der Waals surface area contributed by atoms with Crippen LogP contribution >= 0.6 is 11.6 Å². The predicted molar refractivity (Wildman–Crippen MR) is 97.6 cm³/mol. The van der Waals surface area contributed by atoms with Crippen molar-refractivity contribution in [2.24, 2.45) is 0 Å². The first-order chi connectivity index (χ1) is 12.2. The van der Waals surface area contributed by atoms with Gasteiger partial charge in [0.15, 0.2) is 6.73 Å². The summed E-state index contributed by atoms with van der Waals surface area (Å²) in [4.78, 5) is 14.5. The fourth-order valence-electron chi connectivity index (χ4n) is 3.89. The summed E-state index contributed by atoms with van der Waals surface area (Å²) in [6.07, 6.45) is 2.77. The topological polar surface area (TPSA) is 42.7 Å². The molecule has 0 saturated carbocycles. The SMILES string of the molecule is O=c1oc2c3c(ccc2c2c1CCC2)OCN(c1cccc(Cl)c1)C3. The van der Waals surface area contributed by atoms with Gasteiger partial charge in [-0.15, -0.1) is 0 Å². The molecular weight excluding hydrogens is 338 g/mol. The third kappa shape index (κ3) is 2.32. The molecular formula is C20H16ClNO3. The van der Waals surface area contributed by atoms with E-state index in [1.807, 2.05) is 36.4 Å². The van der Waals surface area contributed by atoms with E-state index in [1.54, 1.807) is 0 Å². The lowest BCUT2D eigenvalue weighted by Crippen LogP contribution is -2.32. The first-order valence-corrected chi connectivity index (χ1v) is 8.82. The Morgan fingerprint density at radius 2 is 1.92 bits per heavy atom. The molecule has 5 rings (SSSR count). The fraction of sp³-hybridized carbons (Fsp3) is 0.250. The van der Waals surface area contributed by atoms with Crippen LogP contribution in [0.4, 0.5) is 5.69 Å². The summed E-state index contributed by atoms with van der Waals surface area (Å²) in [6.45, 7) is 1.06. The minimum atomic E-state index is -0.201. The van der Waals surface area contributed by atoms with Crippen molar-refractivity contribution < 1.29 is 9.15 Å². The van der Waals surface area contributed by atoms with E-state index in [9.17, 15) is 4.79 Å². The van der Waals surface area contributed by atoms with Gasteiger partial charge in [0, 0.05) is 21.7 Å². The van der Waals surface area contributed by atoms with Crippen molar-refractivity contribution in [1.29, 1.82) is 0 Å². The highest BCUT2D eigenvalue weighted by molar-refractivity contribution is 6.30. The maximum absolute atomic E-state index is 12.4. The van der Waals surface area contributed by atoms with Gasteiger partial charge in [0.1, 0.15) is 11.3 Å². The molecule has 1 aliphatic carbocycles. The Morgan fingerprint density at radius 1 is 1.04 bits per heavy atom. The van der Waals surface area contributed by atoms with Gasteiger partial charge in [-0.05, 0) is 55.2 Å². The molecule has 0 fully saturated rings. The number of benzene rings is 2. The summed E-state index contributed by atoms with van der Waals surface area (Å²) in [6, 6.07) is 11.7. The Bertz CT molecular complexity index is 1060. The second-order valence-corrected chi connectivity index (χ2v) is 7.01. The van der Waals surface area contributed by atoms with Gasteiger partial charge in [-0.1, -0.05) is 17.7 Å². The molecule has 5 heteroatoms. The summed E-state index contributed by atoms with van der Waals surface area (Å²) < 4.78 is 11.6. The second-order valence-electron chi connectivity index (χ2n) is 6.57. The standard InChI is InChI=1S/C20H16ClNO3/c21-12-3-1-4-13(9-12)22-10-17-18(24-11-22)8-7-15-14-5-2-6-16(14)20(23)25-19(15)17/h1,3-4,7-9H,2,5-6,10-11H2. The Kier molecular flexibility index (Phi) is 3.28. The molecule has 0 unspecified atom stereocenters. The van der Waals surface area contributed by atoms with Gasteiger partial charge in [0.05, 0.1) is 12.1 Å².